The van der Waals surface area contributed by atoms with E-state index in [4.69, 9.17) is 5.73 Å². The number of aromatic amines is 1. The molecule has 2 rings (SSSR count). The molecule has 1 aromatic heterocycles. The quantitative estimate of drug-likeness (QED) is 0.582. The molecular formula is C16H19N5O5. The Morgan fingerprint density at radius 3 is 2.46 bits per heavy atom. The summed E-state index contributed by atoms with van der Waals surface area (Å²) in [5.41, 5.74) is 4.38. The van der Waals surface area contributed by atoms with E-state index in [-0.39, 0.29) is 22.8 Å². The van der Waals surface area contributed by atoms with Gasteiger partial charge in [-0.15, -0.1) is 0 Å². The molecule has 1 amide bonds. The van der Waals surface area contributed by atoms with E-state index < -0.39 is 22.1 Å². The average Bonchev–Trinajstić information content (AvgIpc) is 2.60. The number of hydrogen-bond donors (Lipinski definition) is 2. The topological polar surface area (TPSA) is 144 Å². The fourth-order valence-electron chi connectivity index (χ4n) is 2.46. The van der Waals surface area contributed by atoms with Gasteiger partial charge in [-0.05, 0) is 18.6 Å². The minimum atomic E-state index is -0.780. The third-order valence-corrected chi connectivity index (χ3v) is 3.91. The van der Waals surface area contributed by atoms with E-state index in [1.54, 1.807) is 0 Å². The number of nitrogens with one attached hydrogen (secondary N) is 1. The van der Waals surface area contributed by atoms with Gasteiger partial charge in [0.2, 0.25) is 0 Å². The Hall–Kier alpha value is -3.43. The molecule has 10 nitrogen and oxygen atoms in total. The Labute approximate surface area is 148 Å². The first-order chi connectivity index (χ1) is 12.3. The number of aromatic nitrogens is 2. The van der Waals surface area contributed by atoms with Gasteiger partial charge in [0.1, 0.15) is 5.82 Å². The average molecular weight is 361 g/mol. The van der Waals surface area contributed by atoms with Crippen molar-refractivity contribution in [1.29, 1.82) is 0 Å². The zero-order valence-corrected chi connectivity index (χ0v) is 14.4. The minimum Gasteiger partial charge on any atom is -0.383 e. The van der Waals surface area contributed by atoms with Crippen LogP contribution in [0.3, 0.4) is 0 Å². The fourth-order valence-corrected chi connectivity index (χ4v) is 2.46. The molecule has 2 aromatic rings. The molecule has 1 heterocycles. The van der Waals surface area contributed by atoms with Gasteiger partial charge in [0.25, 0.3) is 17.2 Å². The lowest BCUT2D eigenvalue weighted by molar-refractivity contribution is -0.384. The Bertz CT molecular complexity index is 945. The molecule has 0 saturated carbocycles. The van der Waals surface area contributed by atoms with Crippen molar-refractivity contribution in [3.63, 3.8) is 0 Å². The molecule has 0 spiro atoms. The number of H-pyrrole nitrogens is 1. The van der Waals surface area contributed by atoms with Gasteiger partial charge >= 0.3 is 5.69 Å². The van der Waals surface area contributed by atoms with Crippen molar-refractivity contribution in [2.45, 2.75) is 26.3 Å². The molecule has 0 aliphatic carbocycles. The Morgan fingerprint density at radius 2 is 1.92 bits per heavy atom. The van der Waals surface area contributed by atoms with Crippen molar-refractivity contribution >= 4 is 23.1 Å². The molecule has 26 heavy (non-hydrogen) atoms. The smallest absolute Gasteiger partial charge is 0.330 e. The number of amides is 1. The Kier molecular flexibility index (Phi) is 5.55. The highest BCUT2D eigenvalue weighted by molar-refractivity contribution is 6.06. The zero-order chi connectivity index (χ0) is 19.4. The van der Waals surface area contributed by atoms with Gasteiger partial charge in [-0.2, -0.15) is 0 Å². The first-order valence-corrected chi connectivity index (χ1v) is 7.93. The molecule has 138 valence electrons. The van der Waals surface area contributed by atoms with E-state index in [0.717, 1.165) is 11.3 Å². The highest BCUT2D eigenvalue weighted by atomic mass is 16.6. The maximum atomic E-state index is 12.6. The zero-order valence-electron chi connectivity index (χ0n) is 14.4. The van der Waals surface area contributed by atoms with Crippen LogP contribution in [0.15, 0.2) is 33.9 Å². The third-order valence-electron chi connectivity index (χ3n) is 3.91. The summed E-state index contributed by atoms with van der Waals surface area (Å²) in [4.78, 5) is 50.0. The molecule has 0 fully saturated rings. The van der Waals surface area contributed by atoms with Gasteiger partial charge in [0.05, 0.1) is 4.92 Å². The van der Waals surface area contributed by atoms with Crippen molar-refractivity contribution in [2.75, 3.05) is 17.7 Å². The van der Waals surface area contributed by atoms with Crippen LogP contribution in [0.5, 0.6) is 0 Å². The summed E-state index contributed by atoms with van der Waals surface area (Å²) in [6.45, 7) is 2.25. The van der Waals surface area contributed by atoms with Gasteiger partial charge in [-0.1, -0.05) is 13.3 Å². The largest absolute Gasteiger partial charge is 0.383 e. The number of nitrogen functional groups attached to an aromatic ring is 1. The van der Waals surface area contributed by atoms with Gasteiger partial charge in [0, 0.05) is 31.3 Å². The number of anilines is 2. The Morgan fingerprint density at radius 1 is 1.31 bits per heavy atom. The number of carbonyl (C=O) groups excluding carboxylic acids is 1. The van der Waals surface area contributed by atoms with Crippen molar-refractivity contribution in [2.24, 2.45) is 0 Å². The summed E-state index contributed by atoms with van der Waals surface area (Å²) in [7, 11) is 1.35. The van der Waals surface area contributed by atoms with Crippen molar-refractivity contribution in [1.82, 2.24) is 9.55 Å². The lowest BCUT2D eigenvalue weighted by Gasteiger charge is -2.20. The van der Waals surface area contributed by atoms with Crippen molar-refractivity contribution < 1.29 is 9.72 Å². The van der Waals surface area contributed by atoms with Crippen LogP contribution in [-0.4, -0.2) is 27.4 Å². The van der Waals surface area contributed by atoms with Crippen LogP contribution in [0.1, 0.15) is 30.1 Å². The maximum absolute atomic E-state index is 12.6. The van der Waals surface area contributed by atoms with Crippen LogP contribution >= 0.6 is 0 Å². The van der Waals surface area contributed by atoms with E-state index >= 15 is 0 Å². The van der Waals surface area contributed by atoms with Crippen molar-refractivity contribution in [3.8, 4) is 0 Å². The normalized spacial score (nSPS) is 10.5. The molecule has 0 saturated heterocycles. The monoisotopic (exact) mass is 361 g/mol. The predicted molar refractivity (Wildman–Crippen MR) is 96.5 cm³/mol. The number of benzene rings is 1. The SMILES string of the molecule is CCCCn1c(N)c(N(C)C(=O)c2ccc([N+](=O)[O-])cc2)c(=O)[nH]c1=O. The number of rotatable bonds is 6. The van der Waals surface area contributed by atoms with Crippen LogP contribution in [0.4, 0.5) is 17.2 Å². The summed E-state index contributed by atoms with van der Waals surface area (Å²) in [5, 5.41) is 10.7. The van der Waals surface area contributed by atoms with Gasteiger partial charge in [0.15, 0.2) is 5.69 Å². The number of nitrogens with two attached hydrogens (primary N) is 1. The molecule has 0 atom stereocenters. The molecule has 0 aliphatic heterocycles. The summed E-state index contributed by atoms with van der Waals surface area (Å²) in [6, 6.07) is 4.95. The second-order valence-electron chi connectivity index (χ2n) is 5.67. The number of hydrogen-bond acceptors (Lipinski definition) is 6. The van der Waals surface area contributed by atoms with Crippen LogP contribution in [0.2, 0.25) is 0 Å². The molecule has 0 aliphatic rings. The second-order valence-corrected chi connectivity index (χ2v) is 5.67. The first kappa shape index (κ1) is 18.9. The van der Waals surface area contributed by atoms with Gasteiger partial charge in [-0.3, -0.25) is 29.3 Å². The van der Waals surface area contributed by atoms with Crippen LogP contribution in [0, 0.1) is 10.1 Å². The fraction of sp³-hybridized carbons (Fsp3) is 0.312. The predicted octanol–water partition coefficient (Wildman–Crippen LogP) is 1.10. The molecule has 0 radical (unpaired) electrons. The van der Waals surface area contributed by atoms with Crippen LogP contribution in [-0.2, 0) is 6.54 Å². The number of nitrogens with zero attached hydrogens (tertiary/aromatic N) is 3. The minimum absolute atomic E-state index is 0.107. The summed E-state index contributed by atoms with van der Waals surface area (Å²) >= 11 is 0. The lowest BCUT2D eigenvalue weighted by atomic mass is 10.2. The summed E-state index contributed by atoms with van der Waals surface area (Å²) in [5.74, 6) is -0.692. The summed E-state index contributed by atoms with van der Waals surface area (Å²) in [6.07, 6.45) is 1.49. The van der Waals surface area contributed by atoms with Gasteiger partial charge < -0.3 is 10.6 Å². The number of carbonyl (C=O) groups is 1. The standard InChI is InChI=1S/C16H19N5O5/c1-3-4-9-20-13(17)12(14(22)18-16(20)24)19(2)15(23)10-5-7-11(8-6-10)21(25)26/h5-8H,3-4,9,17H2,1-2H3,(H,18,22,24). The number of nitro groups is 1. The lowest BCUT2D eigenvalue weighted by Crippen LogP contribution is -2.39. The maximum Gasteiger partial charge on any atom is 0.330 e. The van der Waals surface area contributed by atoms with E-state index in [0.29, 0.717) is 13.0 Å². The molecule has 0 bridgehead atoms. The second kappa shape index (κ2) is 7.64. The van der Waals surface area contributed by atoms with Crippen molar-refractivity contribution in [3.05, 3.63) is 60.8 Å². The molecule has 0 unspecified atom stereocenters. The molecular weight excluding hydrogens is 342 g/mol. The van der Waals surface area contributed by atoms with Crippen LogP contribution in [0.25, 0.3) is 0 Å². The molecule has 1 aromatic carbocycles. The van der Waals surface area contributed by atoms with E-state index in [1.807, 2.05) is 6.92 Å². The van der Waals surface area contributed by atoms with E-state index in [2.05, 4.69) is 4.98 Å². The van der Waals surface area contributed by atoms with Crippen LogP contribution < -0.4 is 21.9 Å². The number of nitro benzene ring substituents is 1. The summed E-state index contributed by atoms with van der Waals surface area (Å²) < 4.78 is 1.21. The highest BCUT2D eigenvalue weighted by Crippen LogP contribution is 2.19. The third kappa shape index (κ3) is 3.63. The Balaban J connectivity index is 2.43. The van der Waals surface area contributed by atoms with E-state index in [1.165, 1.54) is 35.9 Å². The molecule has 10 heteroatoms. The van der Waals surface area contributed by atoms with Gasteiger partial charge in [-0.25, -0.2) is 4.79 Å². The molecule has 3 N–H and O–H groups in total. The number of non-ortho nitro benzene ring substituents is 1. The first-order valence-electron chi connectivity index (χ1n) is 7.93. The number of unbranched alkanes of at least 4 members (excludes halogenated alkanes) is 1. The van der Waals surface area contributed by atoms with E-state index in [9.17, 15) is 24.5 Å². The highest BCUT2D eigenvalue weighted by Gasteiger charge is 2.22.